The number of hydrogen-bond acceptors (Lipinski definition) is 4. The van der Waals surface area contributed by atoms with E-state index < -0.39 is 0 Å². The van der Waals surface area contributed by atoms with E-state index in [1.165, 1.54) is 17.0 Å². The Morgan fingerprint density at radius 3 is 2.76 bits per heavy atom. The molecule has 0 saturated heterocycles. The zero-order valence-electron chi connectivity index (χ0n) is 12.2. The third-order valence-corrected chi connectivity index (χ3v) is 5.04. The van der Waals surface area contributed by atoms with Crippen molar-refractivity contribution in [1.29, 1.82) is 0 Å². The van der Waals surface area contributed by atoms with Gasteiger partial charge in [-0.25, -0.2) is 9.37 Å². The molecule has 0 aliphatic carbocycles. The van der Waals surface area contributed by atoms with E-state index in [0.717, 1.165) is 20.7 Å². The standard InChI is InChI=1S/C15H18BrFN2OS/c1-9-10(2)21-15(19-9)14(18-6-7-20-3)12-5-4-11(17)8-13(12)16/h4-5,8,14,18H,6-7H2,1-3H3. The summed E-state index contributed by atoms with van der Waals surface area (Å²) in [5.74, 6) is -0.257. The second-order valence-corrected chi connectivity index (χ2v) is 6.83. The van der Waals surface area contributed by atoms with E-state index in [1.54, 1.807) is 24.5 Å². The van der Waals surface area contributed by atoms with E-state index in [9.17, 15) is 4.39 Å². The molecule has 1 aromatic heterocycles. The first-order valence-corrected chi connectivity index (χ1v) is 8.25. The van der Waals surface area contributed by atoms with Gasteiger partial charge in [0.25, 0.3) is 0 Å². The molecule has 2 rings (SSSR count). The van der Waals surface area contributed by atoms with Crippen LogP contribution in [-0.2, 0) is 4.74 Å². The molecule has 1 heterocycles. The third kappa shape index (κ3) is 4.10. The number of benzene rings is 1. The summed E-state index contributed by atoms with van der Waals surface area (Å²) in [6.07, 6.45) is 0. The first kappa shape index (κ1) is 16.5. The second kappa shape index (κ2) is 7.45. The maximum absolute atomic E-state index is 13.3. The number of ether oxygens (including phenoxy) is 1. The number of nitrogens with one attached hydrogen (secondary N) is 1. The van der Waals surface area contributed by atoms with Crippen LogP contribution in [0.3, 0.4) is 0 Å². The zero-order chi connectivity index (χ0) is 15.4. The van der Waals surface area contributed by atoms with Gasteiger partial charge in [0, 0.05) is 23.0 Å². The van der Waals surface area contributed by atoms with Crippen molar-refractivity contribution in [3.63, 3.8) is 0 Å². The molecule has 0 fully saturated rings. The summed E-state index contributed by atoms with van der Waals surface area (Å²) in [5, 5.41) is 4.40. The van der Waals surface area contributed by atoms with Crippen LogP contribution >= 0.6 is 27.3 Å². The first-order chi connectivity index (χ1) is 10.0. The molecular formula is C15H18BrFN2OS. The number of hydrogen-bond donors (Lipinski definition) is 1. The monoisotopic (exact) mass is 372 g/mol. The maximum atomic E-state index is 13.3. The highest BCUT2D eigenvalue weighted by Gasteiger charge is 2.20. The van der Waals surface area contributed by atoms with Crippen molar-refractivity contribution in [3.8, 4) is 0 Å². The second-order valence-electron chi connectivity index (χ2n) is 4.74. The maximum Gasteiger partial charge on any atom is 0.124 e. The molecule has 1 N–H and O–H groups in total. The molecule has 1 unspecified atom stereocenters. The van der Waals surface area contributed by atoms with Crippen LogP contribution in [0.2, 0.25) is 0 Å². The fourth-order valence-electron chi connectivity index (χ4n) is 1.99. The van der Waals surface area contributed by atoms with Gasteiger partial charge in [0.05, 0.1) is 18.3 Å². The topological polar surface area (TPSA) is 34.1 Å². The van der Waals surface area contributed by atoms with Crippen molar-refractivity contribution in [3.05, 3.63) is 49.6 Å². The lowest BCUT2D eigenvalue weighted by atomic mass is 10.1. The zero-order valence-corrected chi connectivity index (χ0v) is 14.6. The van der Waals surface area contributed by atoms with E-state index >= 15 is 0 Å². The molecule has 0 bridgehead atoms. The predicted octanol–water partition coefficient (Wildman–Crippen LogP) is 3.99. The summed E-state index contributed by atoms with van der Waals surface area (Å²) >= 11 is 5.10. The van der Waals surface area contributed by atoms with E-state index in [0.29, 0.717) is 13.2 Å². The van der Waals surface area contributed by atoms with Crippen LogP contribution in [-0.4, -0.2) is 25.2 Å². The van der Waals surface area contributed by atoms with Crippen LogP contribution in [0.25, 0.3) is 0 Å². The van der Waals surface area contributed by atoms with E-state index in [2.05, 4.69) is 33.2 Å². The summed E-state index contributed by atoms with van der Waals surface area (Å²) in [5.41, 5.74) is 2.01. The van der Waals surface area contributed by atoms with Crippen LogP contribution in [0.5, 0.6) is 0 Å². The molecule has 6 heteroatoms. The van der Waals surface area contributed by atoms with Crippen molar-refractivity contribution >= 4 is 27.3 Å². The van der Waals surface area contributed by atoms with Gasteiger partial charge < -0.3 is 10.1 Å². The van der Waals surface area contributed by atoms with Crippen LogP contribution in [0, 0.1) is 19.7 Å². The number of rotatable bonds is 6. The van der Waals surface area contributed by atoms with Crippen molar-refractivity contribution in [2.24, 2.45) is 0 Å². The van der Waals surface area contributed by atoms with Gasteiger partial charge in [-0.2, -0.15) is 0 Å². The molecule has 114 valence electrons. The van der Waals surface area contributed by atoms with Crippen LogP contribution in [0.1, 0.15) is 27.2 Å². The normalized spacial score (nSPS) is 12.6. The summed E-state index contributed by atoms with van der Waals surface area (Å²) in [6, 6.07) is 4.66. The molecule has 21 heavy (non-hydrogen) atoms. The molecule has 1 aromatic carbocycles. The summed E-state index contributed by atoms with van der Waals surface area (Å²) in [4.78, 5) is 5.83. The smallest absolute Gasteiger partial charge is 0.124 e. The van der Waals surface area contributed by atoms with E-state index in [1.807, 2.05) is 6.92 Å². The first-order valence-electron chi connectivity index (χ1n) is 6.64. The largest absolute Gasteiger partial charge is 0.383 e. The predicted molar refractivity (Wildman–Crippen MR) is 87.4 cm³/mol. The van der Waals surface area contributed by atoms with E-state index in [-0.39, 0.29) is 11.9 Å². The van der Waals surface area contributed by atoms with Crippen LogP contribution < -0.4 is 5.32 Å². The number of methoxy groups -OCH3 is 1. The lowest BCUT2D eigenvalue weighted by molar-refractivity contribution is 0.197. The Kier molecular flexibility index (Phi) is 5.87. The molecule has 0 radical (unpaired) electrons. The molecule has 0 amide bonds. The molecule has 0 aliphatic heterocycles. The molecule has 0 aliphatic rings. The van der Waals surface area contributed by atoms with Crippen molar-refractivity contribution in [2.45, 2.75) is 19.9 Å². The van der Waals surface area contributed by atoms with Gasteiger partial charge in [0.1, 0.15) is 10.8 Å². The van der Waals surface area contributed by atoms with Gasteiger partial charge in [0.15, 0.2) is 0 Å². The Hall–Kier alpha value is -0.820. The Labute approximate surface area is 136 Å². The van der Waals surface area contributed by atoms with Gasteiger partial charge in [-0.3, -0.25) is 0 Å². The number of aromatic nitrogens is 1. The van der Waals surface area contributed by atoms with Gasteiger partial charge in [-0.05, 0) is 31.5 Å². The van der Waals surface area contributed by atoms with Gasteiger partial charge in [-0.1, -0.05) is 22.0 Å². The number of halogens is 2. The van der Waals surface area contributed by atoms with Crippen LogP contribution in [0.4, 0.5) is 4.39 Å². The van der Waals surface area contributed by atoms with Gasteiger partial charge in [0.2, 0.25) is 0 Å². The lowest BCUT2D eigenvalue weighted by Crippen LogP contribution is -2.26. The average Bonchev–Trinajstić information content (AvgIpc) is 2.76. The fraction of sp³-hybridized carbons (Fsp3) is 0.400. The highest BCUT2D eigenvalue weighted by atomic mass is 79.9. The van der Waals surface area contributed by atoms with Crippen molar-refractivity contribution in [2.75, 3.05) is 20.3 Å². The summed E-state index contributed by atoms with van der Waals surface area (Å²) < 4.78 is 19.1. The molecular weight excluding hydrogens is 355 g/mol. The average molecular weight is 373 g/mol. The Morgan fingerprint density at radius 2 is 2.19 bits per heavy atom. The molecule has 0 saturated carbocycles. The number of nitrogens with zero attached hydrogens (tertiary/aromatic N) is 1. The number of aryl methyl sites for hydroxylation is 2. The van der Waals surface area contributed by atoms with Gasteiger partial charge >= 0.3 is 0 Å². The SMILES string of the molecule is COCCNC(c1nc(C)c(C)s1)c1ccc(F)cc1Br. The Morgan fingerprint density at radius 1 is 1.43 bits per heavy atom. The highest BCUT2D eigenvalue weighted by Crippen LogP contribution is 2.32. The Balaban J connectivity index is 2.35. The summed E-state index contributed by atoms with van der Waals surface area (Å²) in [7, 11) is 1.67. The lowest BCUT2D eigenvalue weighted by Gasteiger charge is -2.18. The number of thiazole rings is 1. The highest BCUT2D eigenvalue weighted by molar-refractivity contribution is 9.10. The quantitative estimate of drug-likeness (QED) is 0.778. The fourth-order valence-corrected chi connectivity index (χ4v) is 3.59. The molecule has 2 aromatic rings. The van der Waals surface area contributed by atoms with Crippen molar-refractivity contribution < 1.29 is 9.13 Å². The minimum atomic E-state index is -0.257. The van der Waals surface area contributed by atoms with Gasteiger partial charge in [-0.15, -0.1) is 11.3 Å². The molecule has 3 nitrogen and oxygen atoms in total. The molecule has 1 atom stereocenters. The minimum absolute atomic E-state index is 0.0764. The minimum Gasteiger partial charge on any atom is -0.383 e. The Bertz CT molecular complexity index is 598. The van der Waals surface area contributed by atoms with Crippen molar-refractivity contribution in [1.82, 2.24) is 10.3 Å². The molecule has 0 spiro atoms. The summed E-state index contributed by atoms with van der Waals surface area (Å²) in [6.45, 7) is 5.37. The van der Waals surface area contributed by atoms with Crippen LogP contribution in [0.15, 0.2) is 22.7 Å². The third-order valence-electron chi connectivity index (χ3n) is 3.22. The van der Waals surface area contributed by atoms with E-state index in [4.69, 9.17) is 4.74 Å².